The molecule has 1 aliphatic carbocycles. The lowest BCUT2D eigenvalue weighted by Gasteiger charge is -2.46. The van der Waals surface area contributed by atoms with Gasteiger partial charge in [0.1, 0.15) is 6.67 Å². The van der Waals surface area contributed by atoms with Gasteiger partial charge >= 0.3 is 0 Å². The van der Waals surface area contributed by atoms with Gasteiger partial charge in [0.2, 0.25) is 0 Å². The lowest BCUT2D eigenvalue weighted by Crippen LogP contribution is -2.55. The van der Waals surface area contributed by atoms with Crippen LogP contribution in [0.2, 0.25) is 0 Å². The number of β-amino-alcohol motifs (C(OH)–C–C–N with tert-alkyl or cyclic N) is 1. The maximum Gasteiger partial charge on any atom is 0.113 e. The van der Waals surface area contributed by atoms with E-state index in [-0.39, 0.29) is 30.2 Å². The molecule has 0 bridgehead atoms. The molecule has 19 heavy (non-hydrogen) atoms. The van der Waals surface area contributed by atoms with Crippen molar-refractivity contribution in [1.82, 2.24) is 5.32 Å². The number of ether oxygens (including phenoxy) is 1. The van der Waals surface area contributed by atoms with Gasteiger partial charge in [-0.15, -0.1) is 0 Å². The Morgan fingerprint density at radius 2 is 2.11 bits per heavy atom. The van der Waals surface area contributed by atoms with E-state index in [2.05, 4.69) is 26.1 Å². The summed E-state index contributed by atoms with van der Waals surface area (Å²) in [5.74, 6) is 0. The van der Waals surface area contributed by atoms with Crippen LogP contribution in [0.4, 0.5) is 4.39 Å². The molecule has 0 amide bonds. The first-order valence-corrected chi connectivity index (χ1v) is 7.09. The first kappa shape index (κ1) is 16.8. The van der Waals surface area contributed by atoms with Crippen LogP contribution >= 0.6 is 0 Å². The van der Waals surface area contributed by atoms with Gasteiger partial charge in [0.25, 0.3) is 0 Å². The smallest absolute Gasteiger partial charge is 0.113 e. The van der Waals surface area contributed by atoms with Crippen LogP contribution in [0.5, 0.6) is 0 Å². The Labute approximate surface area is 115 Å². The Balaban J connectivity index is 2.37. The molecule has 0 aliphatic heterocycles. The van der Waals surface area contributed by atoms with E-state index in [4.69, 9.17) is 10.5 Å². The summed E-state index contributed by atoms with van der Waals surface area (Å²) in [5, 5.41) is 13.2. The van der Waals surface area contributed by atoms with Crippen LogP contribution in [0.25, 0.3) is 0 Å². The molecule has 3 atom stereocenters. The zero-order valence-electron chi connectivity index (χ0n) is 12.4. The second-order valence-corrected chi connectivity index (χ2v) is 6.87. The number of rotatable bonds is 7. The Morgan fingerprint density at radius 1 is 1.42 bits per heavy atom. The molecule has 3 unspecified atom stereocenters. The van der Waals surface area contributed by atoms with E-state index in [9.17, 15) is 9.50 Å². The Bertz CT molecular complexity index is 276. The minimum absolute atomic E-state index is 0.0479. The third-order valence-electron chi connectivity index (χ3n) is 3.69. The number of alkyl halides is 1. The van der Waals surface area contributed by atoms with Crippen LogP contribution in [0.1, 0.15) is 40.0 Å². The van der Waals surface area contributed by atoms with Gasteiger partial charge in [-0.25, -0.2) is 4.39 Å². The van der Waals surface area contributed by atoms with Crippen molar-refractivity contribution in [3.05, 3.63) is 0 Å². The minimum atomic E-state index is -0.607. The summed E-state index contributed by atoms with van der Waals surface area (Å²) in [6, 6.07) is 0.196. The molecule has 0 spiro atoms. The summed E-state index contributed by atoms with van der Waals surface area (Å²) >= 11 is 0. The molecule has 5 heteroatoms. The van der Waals surface area contributed by atoms with Crippen molar-refractivity contribution in [3.63, 3.8) is 0 Å². The van der Waals surface area contributed by atoms with E-state index in [1.807, 2.05) is 0 Å². The Hall–Kier alpha value is -0.230. The molecular weight excluding hydrogens is 247 g/mol. The number of hydrogen-bond acceptors (Lipinski definition) is 4. The summed E-state index contributed by atoms with van der Waals surface area (Å²) < 4.78 is 16.9. The Kier molecular flexibility index (Phi) is 6.17. The Morgan fingerprint density at radius 3 is 2.68 bits per heavy atom. The zero-order chi connectivity index (χ0) is 14.5. The van der Waals surface area contributed by atoms with Crippen molar-refractivity contribution in [2.24, 2.45) is 11.1 Å². The predicted molar refractivity (Wildman–Crippen MR) is 74.8 cm³/mol. The number of nitrogens with one attached hydrogen (secondary N) is 1. The highest BCUT2D eigenvalue weighted by Crippen LogP contribution is 2.40. The highest BCUT2D eigenvalue weighted by molar-refractivity contribution is 4.98. The molecule has 4 nitrogen and oxygen atoms in total. The first-order valence-electron chi connectivity index (χ1n) is 7.09. The fraction of sp³-hybridized carbons (Fsp3) is 1.00. The van der Waals surface area contributed by atoms with Crippen molar-refractivity contribution in [1.29, 1.82) is 0 Å². The quantitative estimate of drug-likeness (QED) is 0.612. The number of nitrogens with two attached hydrogens (primary N) is 1. The van der Waals surface area contributed by atoms with E-state index in [0.29, 0.717) is 6.54 Å². The molecule has 1 aliphatic rings. The normalized spacial score (nSPS) is 32.2. The summed E-state index contributed by atoms with van der Waals surface area (Å²) in [6.07, 6.45) is 2.37. The molecule has 1 saturated carbocycles. The van der Waals surface area contributed by atoms with Crippen LogP contribution < -0.4 is 11.1 Å². The van der Waals surface area contributed by atoms with E-state index in [1.165, 1.54) is 0 Å². The minimum Gasteiger partial charge on any atom is -0.389 e. The van der Waals surface area contributed by atoms with Gasteiger partial charge in [0.15, 0.2) is 0 Å². The van der Waals surface area contributed by atoms with Crippen LogP contribution in [0, 0.1) is 5.41 Å². The van der Waals surface area contributed by atoms with E-state index < -0.39 is 12.8 Å². The van der Waals surface area contributed by atoms with Crippen LogP contribution in [-0.2, 0) is 4.74 Å². The average Bonchev–Trinajstić information content (AvgIpc) is 2.23. The maximum atomic E-state index is 11.9. The molecule has 1 fully saturated rings. The van der Waals surface area contributed by atoms with E-state index >= 15 is 0 Å². The van der Waals surface area contributed by atoms with Gasteiger partial charge in [-0.2, -0.15) is 0 Å². The lowest BCUT2D eigenvalue weighted by atomic mass is 9.67. The molecule has 0 aromatic heterocycles. The van der Waals surface area contributed by atoms with Crippen molar-refractivity contribution >= 4 is 0 Å². The summed E-state index contributed by atoms with van der Waals surface area (Å²) in [5.41, 5.74) is 6.29. The van der Waals surface area contributed by atoms with Crippen molar-refractivity contribution < 1.29 is 14.2 Å². The fourth-order valence-electron chi connectivity index (χ4n) is 3.39. The molecule has 0 heterocycles. The second-order valence-electron chi connectivity index (χ2n) is 6.87. The SMILES string of the molecule is CC1(C)CC(N)CC(C)(NCC(O)COCCF)C1. The maximum absolute atomic E-state index is 11.9. The highest BCUT2D eigenvalue weighted by Gasteiger charge is 2.39. The number of aliphatic hydroxyl groups is 1. The zero-order valence-corrected chi connectivity index (χ0v) is 12.4. The fourth-order valence-corrected chi connectivity index (χ4v) is 3.39. The van der Waals surface area contributed by atoms with Gasteiger partial charge < -0.3 is 20.9 Å². The molecule has 4 N–H and O–H groups in total. The number of aliphatic hydroxyl groups excluding tert-OH is 1. The number of hydrogen-bond donors (Lipinski definition) is 3. The first-order chi connectivity index (χ1) is 8.76. The van der Waals surface area contributed by atoms with Crippen LogP contribution in [0.15, 0.2) is 0 Å². The van der Waals surface area contributed by atoms with Gasteiger partial charge in [-0.3, -0.25) is 0 Å². The number of halogens is 1. The predicted octanol–water partition coefficient (Wildman–Crippen LogP) is 1.22. The largest absolute Gasteiger partial charge is 0.389 e. The molecule has 0 radical (unpaired) electrons. The molecular formula is C14H29FN2O2. The third-order valence-corrected chi connectivity index (χ3v) is 3.69. The molecule has 0 aromatic carbocycles. The summed E-state index contributed by atoms with van der Waals surface area (Å²) in [4.78, 5) is 0. The van der Waals surface area contributed by atoms with Gasteiger partial charge in [0.05, 0.1) is 19.3 Å². The molecule has 0 aromatic rings. The van der Waals surface area contributed by atoms with Crippen LogP contribution in [0.3, 0.4) is 0 Å². The monoisotopic (exact) mass is 276 g/mol. The van der Waals surface area contributed by atoms with Crippen molar-refractivity contribution in [2.45, 2.75) is 57.7 Å². The van der Waals surface area contributed by atoms with Gasteiger partial charge in [-0.05, 0) is 31.6 Å². The van der Waals surface area contributed by atoms with Crippen molar-refractivity contribution in [3.8, 4) is 0 Å². The second kappa shape index (κ2) is 6.97. The average molecular weight is 276 g/mol. The van der Waals surface area contributed by atoms with E-state index in [0.717, 1.165) is 19.3 Å². The van der Waals surface area contributed by atoms with E-state index in [1.54, 1.807) is 0 Å². The molecule has 114 valence electrons. The standard InChI is InChI=1S/C14H29FN2O2/c1-13(2)6-11(16)7-14(3,10-13)17-8-12(18)9-19-5-4-15/h11-12,17-18H,4-10,16H2,1-3H3. The lowest BCUT2D eigenvalue weighted by molar-refractivity contribution is 0.0222. The third kappa shape index (κ3) is 6.17. The molecule has 1 rings (SSSR count). The van der Waals surface area contributed by atoms with Crippen LogP contribution in [-0.4, -0.2) is 49.2 Å². The summed E-state index contributed by atoms with van der Waals surface area (Å²) in [7, 11) is 0. The summed E-state index contributed by atoms with van der Waals surface area (Å²) in [6.45, 7) is 6.77. The molecule has 0 saturated heterocycles. The van der Waals surface area contributed by atoms with Crippen molar-refractivity contribution in [2.75, 3.05) is 26.4 Å². The topological polar surface area (TPSA) is 67.5 Å². The highest BCUT2D eigenvalue weighted by atomic mass is 19.1. The van der Waals surface area contributed by atoms with Gasteiger partial charge in [0, 0.05) is 18.1 Å². The van der Waals surface area contributed by atoms with Gasteiger partial charge in [-0.1, -0.05) is 13.8 Å².